The Hall–Kier alpha value is -0.730. The van der Waals surface area contributed by atoms with Crippen molar-refractivity contribution in [3.63, 3.8) is 0 Å². The summed E-state index contributed by atoms with van der Waals surface area (Å²) in [4.78, 5) is 11.4. The molecule has 0 saturated carbocycles. The Morgan fingerprint density at radius 3 is 1.52 bits per heavy atom. The zero-order chi connectivity index (χ0) is 18.6. The van der Waals surface area contributed by atoms with Gasteiger partial charge in [-0.1, -0.05) is 20.8 Å². The number of nitrogens with one attached hydrogen (secondary N) is 1. The van der Waals surface area contributed by atoms with Crippen LogP contribution >= 0.6 is 0 Å². The zero-order valence-electron chi connectivity index (χ0n) is 16.2. The summed E-state index contributed by atoms with van der Waals surface area (Å²) in [5.41, 5.74) is 0. The van der Waals surface area contributed by atoms with E-state index in [0.29, 0.717) is 78.3 Å². The number of ether oxygens (including phenoxy) is 5. The summed E-state index contributed by atoms with van der Waals surface area (Å²) >= 11 is 0. The third-order valence-electron chi connectivity index (χ3n) is 3.00. The minimum Gasteiger partial charge on any atom is -0.379 e. The number of hydrogen-bond donors (Lipinski definition) is 1. The van der Waals surface area contributed by atoms with E-state index >= 15 is 0 Å². The summed E-state index contributed by atoms with van der Waals surface area (Å²) in [5, 5.41) is 2.82. The maximum atomic E-state index is 11.4. The molecule has 0 saturated heterocycles. The Morgan fingerprint density at radius 2 is 1.12 bits per heavy atom. The lowest BCUT2D eigenvalue weighted by Crippen LogP contribution is -2.28. The van der Waals surface area contributed by atoms with Gasteiger partial charge in [-0.2, -0.15) is 0 Å². The van der Waals surface area contributed by atoms with Crippen molar-refractivity contribution in [2.75, 3.05) is 72.6 Å². The Bertz CT molecular complexity index is 289. The van der Waals surface area contributed by atoms with Gasteiger partial charge in [-0.15, -0.1) is 0 Å². The van der Waals surface area contributed by atoms with Crippen LogP contribution in [0.5, 0.6) is 0 Å². The molecule has 0 aromatic heterocycles. The van der Waals surface area contributed by atoms with E-state index in [1.54, 1.807) is 0 Å². The normalized spacial score (nSPS) is 11.2. The van der Waals surface area contributed by atoms with E-state index in [2.05, 4.69) is 12.2 Å². The van der Waals surface area contributed by atoms with Crippen molar-refractivity contribution < 1.29 is 28.5 Å². The molecule has 0 aliphatic carbocycles. The molecule has 0 unspecified atom stereocenters. The van der Waals surface area contributed by atoms with Gasteiger partial charge in [0, 0.05) is 19.6 Å². The van der Waals surface area contributed by atoms with Crippen LogP contribution in [0.1, 0.15) is 33.6 Å². The number of amides is 1. The molecule has 0 bridgehead atoms. The van der Waals surface area contributed by atoms with E-state index in [1.165, 1.54) is 0 Å². The number of carbonyl (C=O) groups excluding carboxylic acids is 1. The van der Waals surface area contributed by atoms with Gasteiger partial charge in [0.25, 0.3) is 0 Å². The summed E-state index contributed by atoms with van der Waals surface area (Å²) in [6.07, 6.45) is 1.59. The number of carbonyl (C=O) groups is 1. The molecule has 0 aliphatic heterocycles. The van der Waals surface area contributed by atoms with Crippen molar-refractivity contribution in [2.45, 2.75) is 33.6 Å². The molecule has 7 nitrogen and oxygen atoms in total. The van der Waals surface area contributed by atoms with Crippen LogP contribution in [-0.2, 0) is 28.5 Å². The second-order valence-corrected chi connectivity index (χ2v) is 6.01. The van der Waals surface area contributed by atoms with E-state index in [-0.39, 0.29) is 5.91 Å². The molecule has 150 valence electrons. The largest absolute Gasteiger partial charge is 0.379 e. The van der Waals surface area contributed by atoms with Crippen LogP contribution in [0.15, 0.2) is 0 Å². The SMILES string of the molecule is CCCOCCOCCOCCOCCOCCNC(=O)CC(C)C. The molecule has 1 amide bonds. The van der Waals surface area contributed by atoms with Gasteiger partial charge in [0.1, 0.15) is 0 Å². The van der Waals surface area contributed by atoms with E-state index in [9.17, 15) is 4.79 Å². The van der Waals surface area contributed by atoms with Crippen molar-refractivity contribution in [3.05, 3.63) is 0 Å². The average molecular weight is 363 g/mol. The molecule has 0 atom stereocenters. The number of hydrogen-bond acceptors (Lipinski definition) is 6. The van der Waals surface area contributed by atoms with E-state index < -0.39 is 0 Å². The lowest BCUT2D eigenvalue weighted by Gasteiger charge is -2.09. The van der Waals surface area contributed by atoms with Crippen molar-refractivity contribution >= 4 is 5.91 Å². The number of rotatable bonds is 19. The molecule has 0 rings (SSSR count). The van der Waals surface area contributed by atoms with Crippen molar-refractivity contribution in [1.29, 1.82) is 0 Å². The second kappa shape index (κ2) is 19.6. The lowest BCUT2D eigenvalue weighted by atomic mass is 10.1. The minimum atomic E-state index is 0.0736. The van der Waals surface area contributed by atoms with Crippen LogP contribution in [0, 0.1) is 5.92 Å². The predicted octanol–water partition coefficient (Wildman–Crippen LogP) is 1.64. The highest BCUT2D eigenvalue weighted by molar-refractivity contribution is 5.75. The Morgan fingerprint density at radius 1 is 0.720 bits per heavy atom. The van der Waals surface area contributed by atoms with Crippen molar-refractivity contribution in [1.82, 2.24) is 5.32 Å². The van der Waals surface area contributed by atoms with Crippen LogP contribution < -0.4 is 5.32 Å². The fourth-order valence-electron chi connectivity index (χ4n) is 1.83. The summed E-state index contributed by atoms with van der Waals surface area (Å²) < 4.78 is 26.8. The quantitative estimate of drug-likeness (QED) is 0.352. The molecule has 1 N–H and O–H groups in total. The van der Waals surface area contributed by atoms with E-state index in [0.717, 1.165) is 13.0 Å². The van der Waals surface area contributed by atoms with Crippen LogP contribution in [0.25, 0.3) is 0 Å². The monoisotopic (exact) mass is 363 g/mol. The van der Waals surface area contributed by atoms with Gasteiger partial charge in [-0.05, 0) is 12.3 Å². The summed E-state index contributed by atoms with van der Waals surface area (Å²) in [7, 11) is 0. The Labute approximate surface area is 152 Å². The molecular formula is C18H37NO6. The van der Waals surface area contributed by atoms with Crippen molar-refractivity contribution in [2.24, 2.45) is 5.92 Å². The summed E-state index contributed by atoms with van der Waals surface area (Å²) in [5.74, 6) is 0.451. The first kappa shape index (κ1) is 24.3. The van der Waals surface area contributed by atoms with Crippen LogP contribution in [0.2, 0.25) is 0 Å². The molecular weight excluding hydrogens is 326 g/mol. The topological polar surface area (TPSA) is 75.2 Å². The molecule has 0 radical (unpaired) electrons. The lowest BCUT2D eigenvalue weighted by molar-refractivity contribution is -0.122. The molecule has 7 heteroatoms. The zero-order valence-corrected chi connectivity index (χ0v) is 16.2. The van der Waals surface area contributed by atoms with Crippen molar-refractivity contribution in [3.8, 4) is 0 Å². The molecule has 0 heterocycles. The Balaban J connectivity index is 3.06. The molecule has 0 aromatic rings. The molecule has 25 heavy (non-hydrogen) atoms. The van der Waals surface area contributed by atoms with Gasteiger partial charge < -0.3 is 29.0 Å². The highest BCUT2D eigenvalue weighted by atomic mass is 16.6. The highest BCUT2D eigenvalue weighted by Crippen LogP contribution is 1.97. The first-order valence-electron chi connectivity index (χ1n) is 9.32. The third kappa shape index (κ3) is 21.2. The predicted molar refractivity (Wildman–Crippen MR) is 96.9 cm³/mol. The van der Waals surface area contributed by atoms with Gasteiger partial charge in [-0.25, -0.2) is 0 Å². The minimum absolute atomic E-state index is 0.0736. The van der Waals surface area contributed by atoms with E-state index in [4.69, 9.17) is 23.7 Å². The molecule has 0 fully saturated rings. The van der Waals surface area contributed by atoms with Crippen LogP contribution in [0.4, 0.5) is 0 Å². The summed E-state index contributed by atoms with van der Waals surface area (Å²) in [6, 6.07) is 0. The van der Waals surface area contributed by atoms with Crippen LogP contribution in [-0.4, -0.2) is 78.5 Å². The van der Waals surface area contributed by atoms with Gasteiger partial charge >= 0.3 is 0 Å². The van der Waals surface area contributed by atoms with Gasteiger partial charge in [0.2, 0.25) is 5.91 Å². The second-order valence-electron chi connectivity index (χ2n) is 6.01. The fraction of sp³-hybridized carbons (Fsp3) is 0.944. The van der Waals surface area contributed by atoms with Gasteiger partial charge in [-0.3, -0.25) is 4.79 Å². The summed E-state index contributed by atoms with van der Waals surface area (Å²) in [6.45, 7) is 12.4. The van der Waals surface area contributed by atoms with Crippen LogP contribution in [0.3, 0.4) is 0 Å². The molecule has 0 aliphatic rings. The average Bonchev–Trinajstić information content (AvgIpc) is 2.57. The van der Waals surface area contributed by atoms with Gasteiger partial charge in [0.15, 0.2) is 0 Å². The van der Waals surface area contributed by atoms with E-state index in [1.807, 2.05) is 13.8 Å². The maximum Gasteiger partial charge on any atom is 0.220 e. The first-order chi connectivity index (χ1) is 12.2. The third-order valence-corrected chi connectivity index (χ3v) is 3.00. The highest BCUT2D eigenvalue weighted by Gasteiger charge is 2.03. The standard InChI is InChI=1S/C18H37NO6/c1-4-6-21-8-10-23-12-14-25-15-13-24-11-9-22-7-5-19-18(20)16-17(2)3/h17H,4-16H2,1-3H3,(H,19,20). The maximum absolute atomic E-state index is 11.4. The Kier molecular flexibility index (Phi) is 19.0. The molecule has 0 aromatic carbocycles. The van der Waals surface area contributed by atoms with Gasteiger partial charge in [0.05, 0.1) is 59.5 Å². The first-order valence-corrected chi connectivity index (χ1v) is 9.32. The smallest absolute Gasteiger partial charge is 0.220 e. The fourth-order valence-corrected chi connectivity index (χ4v) is 1.83. The molecule has 0 spiro atoms.